The highest BCUT2D eigenvalue weighted by Gasteiger charge is 2.38. The maximum absolute atomic E-state index is 5.61. The van der Waals surface area contributed by atoms with E-state index in [1.165, 1.54) is 32.1 Å². The first kappa shape index (κ1) is 24.3. The molecule has 0 atom stereocenters. The van der Waals surface area contributed by atoms with E-state index in [1.54, 1.807) is 0 Å². The van der Waals surface area contributed by atoms with Crippen LogP contribution in [0.2, 0.25) is 0 Å². The van der Waals surface area contributed by atoms with Gasteiger partial charge in [0.15, 0.2) is 5.96 Å². The van der Waals surface area contributed by atoms with E-state index in [1.807, 2.05) is 18.2 Å². The molecule has 7 nitrogen and oxygen atoms in total. The Labute approximate surface area is 202 Å². The molecule has 0 bridgehead atoms. The molecular weight excluding hydrogens is 503 g/mol. The minimum absolute atomic E-state index is 0. The van der Waals surface area contributed by atoms with Crippen LogP contribution in [-0.2, 0) is 11.2 Å². The van der Waals surface area contributed by atoms with Crippen molar-refractivity contribution in [1.29, 1.82) is 0 Å². The maximum Gasteiger partial charge on any atom is 0.191 e. The summed E-state index contributed by atoms with van der Waals surface area (Å²) in [5.74, 6) is 1.92. The molecule has 2 aromatic rings. The second-order valence-electron chi connectivity index (χ2n) is 8.46. The zero-order chi connectivity index (χ0) is 20.7. The van der Waals surface area contributed by atoms with Gasteiger partial charge in [0.05, 0.1) is 30.8 Å². The van der Waals surface area contributed by atoms with Crippen LogP contribution in [0.3, 0.4) is 0 Å². The number of ether oxygens (including phenoxy) is 1. The molecule has 0 unspecified atom stereocenters. The normalized spacial score (nSPS) is 19.7. The van der Waals surface area contributed by atoms with Crippen LogP contribution in [0.1, 0.15) is 44.9 Å². The van der Waals surface area contributed by atoms with Crippen molar-refractivity contribution in [2.45, 2.75) is 51.0 Å². The molecule has 0 spiro atoms. The largest absolute Gasteiger partial charge is 0.379 e. The monoisotopic (exact) mass is 540 g/mol. The summed E-state index contributed by atoms with van der Waals surface area (Å²) in [6, 6.07) is 8.17. The first-order chi connectivity index (χ1) is 14.8. The number of aromatic nitrogens is 2. The molecule has 1 aromatic carbocycles. The summed E-state index contributed by atoms with van der Waals surface area (Å²) < 4.78 is 5.61. The fraction of sp³-hybridized carbons (Fsp3) is 0.652. The topological polar surface area (TPSA) is 77.6 Å². The molecule has 1 aliphatic carbocycles. The molecular formula is C23H37IN6O. The summed E-state index contributed by atoms with van der Waals surface area (Å²) in [4.78, 5) is 15.8. The summed E-state index contributed by atoms with van der Waals surface area (Å²) in [5.41, 5.74) is 2.32. The van der Waals surface area contributed by atoms with Gasteiger partial charge in [-0.2, -0.15) is 0 Å². The number of nitrogens with zero attached hydrogens (tertiary/aromatic N) is 3. The van der Waals surface area contributed by atoms with E-state index in [2.05, 4.69) is 38.5 Å². The van der Waals surface area contributed by atoms with Crippen LogP contribution < -0.4 is 10.6 Å². The lowest BCUT2D eigenvalue weighted by atomic mass is 9.80. The van der Waals surface area contributed by atoms with Gasteiger partial charge in [-0.1, -0.05) is 31.4 Å². The molecule has 1 saturated heterocycles. The number of aromatic amines is 1. The number of nitrogens with one attached hydrogen (secondary N) is 3. The Morgan fingerprint density at radius 3 is 2.68 bits per heavy atom. The lowest BCUT2D eigenvalue weighted by Crippen LogP contribution is -2.56. The van der Waals surface area contributed by atoms with E-state index in [0.717, 1.165) is 75.2 Å². The standard InChI is InChI=1S/C23H36N6O.HI/c1-2-24-22(25-13-10-21-27-19-8-4-5-9-20(19)28-21)26-18-23(11-6-3-7-12-23)29-14-16-30-17-15-29;/h4-5,8-9H,2-3,6-7,10-18H2,1H3,(H,27,28)(H2,24,25,26);1H. The Hall–Kier alpha value is -1.39. The molecule has 2 aliphatic rings. The number of para-hydroxylation sites is 2. The van der Waals surface area contributed by atoms with E-state index >= 15 is 0 Å². The quantitative estimate of drug-likeness (QED) is 0.286. The summed E-state index contributed by atoms with van der Waals surface area (Å²) in [6.45, 7) is 8.40. The molecule has 0 radical (unpaired) electrons. The van der Waals surface area contributed by atoms with E-state index in [9.17, 15) is 0 Å². The average molecular weight is 540 g/mol. The fourth-order valence-electron chi connectivity index (χ4n) is 4.81. The van der Waals surface area contributed by atoms with Crippen LogP contribution in [0.25, 0.3) is 11.0 Å². The molecule has 172 valence electrons. The highest BCUT2D eigenvalue weighted by Crippen LogP contribution is 2.34. The van der Waals surface area contributed by atoms with Crippen LogP contribution in [0.4, 0.5) is 0 Å². The van der Waals surface area contributed by atoms with Crippen LogP contribution in [0, 0.1) is 0 Å². The van der Waals surface area contributed by atoms with E-state index in [0.29, 0.717) is 0 Å². The SMILES string of the molecule is CCNC(=NCC1(N2CCOCC2)CCCCC1)NCCc1nc2ccccc2[nH]1.I. The van der Waals surface area contributed by atoms with Crippen molar-refractivity contribution >= 4 is 41.0 Å². The highest BCUT2D eigenvalue weighted by molar-refractivity contribution is 14.0. The molecule has 8 heteroatoms. The molecule has 1 aliphatic heterocycles. The van der Waals surface area contributed by atoms with Gasteiger partial charge in [0, 0.05) is 38.1 Å². The van der Waals surface area contributed by atoms with Crippen LogP contribution in [0.15, 0.2) is 29.3 Å². The van der Waals surface area contributed by atoms with Crippen molar-refractivity contribution in [3.8, 4) is 0 Å². The molecule has 2 heterocycles. The van der Waals surface area contributed by atoms with E-state index < -0.39 is 0 Å². The van der Waals surface area contributed by atoms with Gasteiger partial charge >= 0.3 is 0 Å². The Bertz CT molecular complexity index is 793. The third kappa shape index (κ3) is 6.32. The molecule has 3 N–H and O–H groups in total. The average Bonchev–Trinajstić information content (AvgIpc) is 3.21. The number of fused-ring (bicyclic) bond motifs is 1. The van der Waals surface area contributed by atoms with Crippen LogP contribution in [0.5, 0.6) is 0 Å². The van der Waals surface area contributed by atoms with Crippen molar-refractivity contribution in [1.82, 2.24) is 25.5 Å². The number of benzene rings is 1. The van der Waals surface area contributed by atoms with Crippen molar-refractivity contribution < 1.29 is 4.74 Å². The van der Waals surface area contributed by atoms with E-state index in [-0.39, 0.29) is 29.5 Å². The number of guanidine groups is 1. The second kappa shape index (κ2) is 12.0. The first-order valence-corrected chi connectivity index (χ1v) is 11.6. The second-order valence-corrected chi connectivity index (χ2v) is 8.46. The van der Waals surface area contributed by atoms with Crippen molar-refractivity contribution in [3.05, 3.63) is 30.1 Å². The summed E-state index contributed by atoms with van der Waals surface area (Å²) in [7, 11) is 0. The minimum atomic E-state index is 0. The smallest absolute Gasteiger partial charge is 0.191 e. The third-order valence-corrected chi connectivity index (χ3v) is 6.43. The van der Waals surface area contributed by atoms with Crippen molar-refractivity contribution in [2.75, 3.05) is 45.9 Å². The van der Waals surface area contributed by atoms with Gasteiger partial charge < -0.3 is 20.4 Å². The van der Waals surface area contributed by atoms with Gasteiger partial charge in [-0.15, -0.1) is 24.0 Å². The molecule has 4 rings (SSSR count). The van der Waals surface area contributed by atoms with Crippen molar-refractivity contribution in [3.63, 3.8) is 0 Å². The first-order valence-electron chi connectivity index (χ1n) is 11.6. The third-order valence-electron chi connectivity index (χ3n) is 6.43. The zero-order valence-electron chi connectivity index (χ0n) is 18.7. The lowest BCUT2D eigenvalue weighted by molar-refractivity contribution is -0.0333. The Balaban J connectivity index is 0.00000272. The van der Waals surface area contributed by atoms with Crippen LogP contribution in [-0.4, -0.2) is 72.3 Å². The predicted octanol–water partition coefficient (Wildman–Crippen LogP) is 3.31. The lowest BCUT2D eigenvalue weighted by Gasteiger charge is -2.47. The number of aliphatic imine (C=N–C) groups is 1. The van der Waals surface area contributed by atoms with Gasteiger partial charge in [-0.3, -0.25) is 9.89 Å². The minimum Gasteiger partial charge on any atom is -0.379 e. The molecule has 2 fully saturated rings. The van der Waals surface area contributed by atoms with Crippen LogP contribution >= 0.6 is 24.0 Å². The number of hydrogen-bond donors (Lipinski definition) is 3. The molecule has 0 amide bonds. The Morgan fingerprint density at radius 1 is 1.16 bits per heavy atom. The van der Waals surface area contributed by atoms with Gasteiger partial charge in [0.1, 0.15) is 5.82 Å². The zero-order valence-corrected chi connectivity index (χ0v) is 21.0. The summed E-state index contributed by atoms with van der Waals surface area (Å²) >= 11 is 0. The van der Waals surface area contributed by atoms with Gasteiger partial charge in [0.2, 0.25) is 0 Å². The highest BCUT2D eigenvalue weighted by atomic mass is 127. The number of hydrogen-bond acceptors (Lipinski definition) is 4. The Morgan fingerprint density at radius 2 is 1.94 bits per heavy atom. The molecule has 31 heavy (non-hydrogen) atoms. The number of imidazole rings is 1. The number of H-pyrrole nitrogens is 1. The fourth-order valence-corrected chi connectivity index (χ4v) is 4.81. The van der Waals surface area contributed by atoms with Gasteiger partial charge in [-0.05, 0) is 31.9 Å². The maximum atomic E-state index is 5.61. The summed E-state index contributed by atoms with van der Waals surface area (Å²) in [5, 5.41) is 6.93. The summed E-state index contributed by atoms with van der Waals surface area (Å²) in [6.07, 6.45) is 7.30. The van der Waals surface area contributed by atoms with Crippen molar-refractivity contribution in [2.24, 2.45) is 4.99 Å². The number of morpholine rings is 1. The molecule has 1 saturated carbocycles. The van der Waals surface area contributed by atoms with Gasteiger partial charge in [0.25, 0.3) is 0 Å². The number of rotatable bonds is 7. The number of halogens is 1. The van der Waals surface area contributed by atoms with Gasteiger partial charge in [-0.25, -0.2) is 4.98 Å². The Kier molecular flexibility index (Phi) is 9.40. The predicted molar refractivity (Wildman–Crippen MR) is 137 cm³/mol. The van der Waals surface area contributed by atoms with E-state index in [4.69, 9.17) is 9.73 Å². The molecule has 1 aromatic heterocycles.